The predicted octanol–water partition coefficient (Wildman–Crippen LogP) is 4.39. The van der Waals surface area contributed by atoms with Gasteiger partial charge in [-0.15, -0.1) is 0 Å². The van der Waals surface area contributed by atoms with Crippen LogP contribution in [0.5, 0.6) is 5.75 Å². The van der Waals surface area contributed by atoms with Gasteiger partial charge in [0.1, 0.15) is 17.7 Å². The summed E-state index contributed by atoms with van der Waals surface area (Å²) in [5.41, 5.74) is 1.04. The van der Waals surface area contributed by atoms with Crippen molar-refractivity contribution in [3.05, 3.63) is 60.4 Å². The number of benzene rings is 2. The SMILES string of the molecule is Fc1ccc(OC2CCN(c3nc(-c4ccccc4)ns3)CC2)cc1. The highest BCUT2D eigenvalue weighted by molar-refractivity contribution is 7.09. The van der Waals surface area contributed by atoms with Crippen molar-refractivity contribution in [3.8, 4) is 17.1 Å². The number of halogens is 1. The molecular formula is C19H18FN3OS. The molecule has 0 spiro atoms. The molecule has 2 aromatic carbocycles. The molecule has 25 heavy (non-hydrogen) atoms. The molecule has 1 fully saturated rings. The number of anilines is 1. The summed E-state index contributed by atoms with van der Waals surface area (Å²) in [7, 11) is 0. The van der Waals surface area contributed by atoms with Gasteiger partial charge < -0.3 is 9.64 Å². The molecule has 1 aliphatic heterocycles. The molecule has 0 atom stereocenters. The quantitative estimate of drug-likeness (QED) is 0.696. The van der Waals surface area contributed by atoms with Gasteiger partial charge in [0.15, 0.2) is 5.82 Å². The van der Waals surface area contributed by atoms with Crippen LogP contribution in [0.2, 0.25) is 0 Å². The summed E-state index contributed by atoms with van der Waals surface area (Å²) in [5, 5.41) is 0.957. The maximum Gasteiger partial charge on any atom is 0.205 e. The molecule has 0 radical (unpaired) electrons. The average molecular weight is 355 g/mol. The largest absolute Gasteiger partial charge is 0.490 e. The summed E-state index contributed by atoms with van der Waals surface area (Å²) in [6, 6.07) is 16.2. The lowest BCUT2D eigenvalue weighted by Crippen LogP contribution is -2.38. The standard InChI is InChI=1S/C19H18FN3OS/c20-15-6-8-16(9-7-15)24-17-10-12-23(13-11-17)19-21-18(22-25-19)14-4-2-1-3-5-14/h1-9,17H,10-13H2. The van der Waals surface area contributed by atoms with E-state index in [4.69, 9.17) is 4.74 Å². The average Bonchev–Trinajstić information content (AvgIpc) is 3.15. The van der Waals surface area contributed by atoms with E-state index in [1.54, 1.807) is 12.1 Å². The second-order valence-corrected chi connectivity index (χ2v) is 6.76. The van der Waals surface area contributed by atoms with Gasteiger partial charge in [-0.1, -0.05) is 30.3 Å². The Morgan fingerprint density at radius 3 is 2.44 bits per heavy atom. The zero-order valence-electron chi connectivity index (χ0n) is 13.6. The molecule has 1 aromatic heterocycles. The fraction of sp³-hybridized carbons (Fsp3) is 0.263. The Kier molecular flexibility index (Phi) is 4.61. The van der Waals surface area contributed by atoms with E-state index < -0.39 is 0 Å². The molecule has 6 heteroatoms. The first-order valence-corrected chi connectivity index (χ1v) is 9.11. The van der Waals surface area contributed by atoms with Gasteiger partial charge in [-0.3, -0.25) is 0 Å². The fourth-order valence-corrected chi connectivity index (χ4v) is 3.66. The van der Waals surface area contributed by atoms with Gasteiger partial charge in [0.25, 0.3) is 0 Å². The minimum Gasteiger partial charge on any atom is -0.490 e. The van der Waals surface area contributed by atoms with Crippen molar-refractivity contribution in [2.24, 2.45) is 0 Å². The van der Waals surface area contributed by atoms with Crippen LogP contribution in [0.25, 0.3) is 11.4 Å². The Labute approximate surface area is 150 Å². The maximum atomic E-state index is 13.0. The van der Waals surface area contributed by atoms with Gasteiger partial charge in [0, 0.05) is 43.0 Å². The first-order chi connectivity index (χ1) is 12.3. The molecule has 0 saturated carbocycles. The number of aromatic nitrogens is 2. The zero-order chi connectivity index (χ0) is 17.1. The topological polar surface area (TPSA) is 38.2 Å². The van der Waals surface area contributed by atoms with Crippen molar-refractivity contribution >= 4 is 16.7 Å². The number of rotatable bonds is 4. The summed E-state index contributed by atoms with van der Waals surface area (Å²) in [6.45, 7) is 1.77. The Balaban J connectivity index is 1.36. The summed E-state index contributed by atoms with van der Waals surface area (Å²) in [4.78, 5) is 6.93. The molecule has 0 bridgehead atoms. The Morgan fingerprint density at radius 2 is 1.72 bits per heavy atom. The van der Waals surface area contributed by atoms with Crippen molar-refractivity contribution in [2.45, 2.75) is 18.9 Å². The van der Waals surface area contributed by atoms with Gasteiger partial charge in [0.05, 0.1) is 0 Å². The molecular weight excluding hydrogens is 337 g/mol. The van der Waals surface area contributed by atoms with Crippen molar-refractivity contribution in [1.29, 1.82) is 0 Å². The van der Waals surface area contributed by atoms with Crippen LogP contribution >= 0.6 is 11.5 Å². The van der Waals surface area contributed by atoms with Crippen LogP contribution in [0.3, 0.4) is 0 Å². The number of nitrogens with zero attached hydrogens (tertiary/aromatic N) is 3. The highest BCUT2D eigenvalue weighted by atomic mass is 32.1. The molecule has 0 unspecified atom stereocenters. The van der Waals surface area contributed by atoms with Gasteiger partial charge in [-0.05, 0) is 24.3 Å². The van der Waals surface area contributed by atoms with Crippen LogP contribution in [-0.4, -0.2) is 28.6 Å². The fourth-order valence-electron chi connectivity index (χ4n) is 2.92. The molecule has 0 amide bonds. The van der Waals surface area contributed by atoms with E-state index in [-0.39, 0.29) is 11.9 Å². The van der Waals surface area contributed by atoms with Crippen LogP contribution in [0.1, 0.15) is 12.8 Å². The lowest BCUT2D eigenvalue weighted by atomic mass is 10.1. The van der Waals surface area contributed by atoms with E-state index >= 15 is 0 Å². The molecule has 128 valence electrons. The van der Waals surface area contributed by atoms with E-state index in [1.807, 2.05) is 30.3 Å². The molecule has 2 heterocycles. The Morgan fingerprint density at radius 1 is 1.00 bits per heavy atom. The number of piperidine rings is 1. The normalized spacial score (nSPS) is 15.3. The third-order valence-electron chi connectivity index (χ3n) is 4.28. The molecule has 0 aliphatic carbocycles. The van der Waals surface area contributed by atoms with Gasteiger partial charge in [-0.2, -0.15) is 9.36 Å². The molecule has 1 saturated heterocycles. The van der Waals surface area contributed by atoms with Crippen LogP contribution in [0.4, 0.5) is 9.52 Å². The summed E-state index contributed by atoms with van der Waals surface area (Å²) < 4.78 is 23.4. The van der Waals surface area contributed by atoms with Crippen LogP contribution in [-0.2, 0) is 0 Å². The maximum absolute atomic E-state index is 13.0. The first-order valence-electron chi connectivity index (χ1n) is 8.34. The van der Waals surface area contributed by atoms with E-state index in [9.17, 15) is 4.39 Å². The predicted molar refractivity (Wildman–Crippen MR) is 97.6 cm³/mol. The number of hydrogen-bond acceptors (Lipinski definition) is 5. The van der Waals surface area contributed by atoms with E-state index in [0.717, 1.165) is 48.2 Å². The first kappa shape index (κ1) is 16.0. The van der Waals surface area contributed by atoms with Crippen LogP contribution in [0.15, 0.2) is 54.6 Å². The molecule has 1 aliphatic rings. The molecule has 4 nitrogen and oxygen atoms in total. The second-order valence-electron chi connectivity index (χ2n) is 6.02. The zero-order valence-corrected chi connectivity index (χ0v) is 14.5. The molecule has 3 aromatic rings. The number of ether oxygens (including phenoxy) is 1. The summed E-state index contributed by atoms with van der Waals surface area (Å²) >= 11 is 1.44. The van der Waals surface area contributed by atoms with E-state index in [2.05, 4.69) is 14.3 Å². The lowest BCUT2D eigenvalue weighted by molar-refractivity contribution is 0.171. The minimum absolute atomic E-state index is 0.156. The van der Waals surface area contributed by atoms with E-state index in [1.165, 1.54) is 23.7 Å². The van der Waals surface area contributed by atoms with Gasteiger partial charge >= 0.3 is 0 Å². The third-order valence-corrected chi connectivity index (χ3v) is 5.05. The van der Waals surface area contributed by atoms with Crippen molar-refractivity contribution < 1.29 is 9.13 Å². The van der Waals surface area contributed by atoms with E-state index in [0.29, 0.717) is 0 Å². The van der Waals surface area contributed by atoms with Crippen LogP contribution < -0.4 is 9.64 Å². The highest BCUT2D eigenvalue weighted by Gasteiger charge is 2.23. The molecule has 0 N–H and O–H groups in total. The van der Waals surface area contributed by atoms with Crippen molar-refractivity contribution in [1.82, 2.24) is 9.36 Å². The third kappa shape index (κ3) is 3.79. The lowest BCUT2D eigenvalue weighted by Gasteiger charge is -2.31. The Hall–Kier alpha value is -2.47. The molecule has 4 rings (SSSR count). The van der Waals surface area contributed by atoms with Crippen LogP contribution in [0, 0.1) is 5.82 Å². The number of hydrogen-bond donors (Lipinski definition) is 0. The highest BCUT2D eigenvalue weighted by Crippen LogP contribution is 2.27. The minimum atomic E-state index is -0.243. The van der Waals surface area contributed by atoms with Crippen molar-refractivity contribution in [2.75, 3.05) is 18.0 Å². The smallest absolute Gasteiger partial charge is 0.205 e. The van der Waals surface area contributed by atoms with Gasteiger partial charge in [-0.25, -0.2) is 4.39 Å². The second kappa shape index (κ2) is 7.19. The van der Waals surface area contributed by atoms with Gasteiger partial charge in [0.2, 0.25) is 5.13 Å². The summed E-state index contributed by atoms with van der Waals surface area (Å²) in [5.74, 6) is 1.26. The summed E-state index contributed by atoms with van der Waals surface area (Å²) in [6.07, 6.45) is 1.98. The van der Waals surface area contributed by atoms with Crippen molar-refractivity contribution in [3.63, 3.8) is 0 Å². The monoisotopic (exact) mass is 355 g/mol. The Bertz CT molecular complexity index is 814.